The molecule has 160 valence electrons. The van der Waals surface area contributed by atoms with Gasteiger partial charge < -0.3 is 29.5 Å². The van der Waals surface area contributed by atoms with E-state index in [4.69, 9.17) is 24.4 Å². The summed E-state index contributed by atoms with van der Waals surface area (Å²) in [5.74, 6) is -1.47. The van der Waals surface area contributed by atoms with Crippen molar-refractivity contribution in [3.8, 4) is 17.2 Å². The summed E-state index contributed by atoms with van der Waals surface area (Å²) in [7, 11) is 0. The molecule has 2 aromatic carbocycles. The SMILES string of the molecule is CCOC(=O)C1=C(N)Oc2c(c(=O)oc3ccccc23)[C@H]1c1ccc(O)c(OCC)c1. The van der Waals surface area contributed by atoms with E-state index in [0.29, 0.717) is 23.1 Å². The van der Waals surface area contributed by atoms with Gasteiger partial charge in [0.15, 0.2) is 17.2 Å². The van der Waals surface area contributed by atoms with Crippen LogP contribution in [0, 0.1) is 0 Å². The predicted molar refractivity (Wildman–Crippen MR) is 112 cm³/mol. The quantitative estimate of drug-likeness (QED) is 0.474. The summed E-state index contributed by atoms with van der Waals surface area (Å²) in [4.78, 5) is 25.8. The molecule has 0 saturated carbocycles. The van der Waals surface area contributed by atoms with Crippen molar-refractivity contribution in [3.63, 3.8) is 0 Å². The third-order valence-corrected chi connectivity index (χ3v) is 4.97. The van der Waals surface area contributed by atoms with Crippen molar-refractivity contribution in [2.75, 3.05) is 13.2 Å². The van der Waals surface area contributed by atoms with E-state index in [2.05, 4.69) is 0 Å². The normalized spacial score (nSPS) is 15.4. The molecule has 8 nitrogen and oxygen atoms in total. The van der Waals surface area contributed by atoms with Gasteiger partial charge in [-0.3, -0.25) is 0 Å². The Bertz CT molecular complexity index is 1260. The minimum atomic E-state index is -0.941. The average Bonchev–Trinajstić information content (AvgIpc) is 2.75. The highest BCUT2D eigenvalue weighted by Gasteiger charge is 2.39. The molecule has 0 radical (unpaired) electrons. The molecular weight excluding hydrogens is 402 g/mol. The number of esters is 1. The maximum Gasteiger partial charge on any atom is 0.344 e. The summed E-state index contributed by atoms with van der Waals surface area (Å²) < 4.78 is 21.9. The van der Waals surface area contributed by atoms with Gasteiger partial charge in [-0.2, -0.15) is 0 Å². The van der Waals surface area contributed by atoms with Crippen molar-refractivity contribution in [3.05, 3.63) is 75.5 Å². The van der Waals surface area contributed by atoms with Gasteiger partial charge in [0.2, 0.25) is 5.88 Å². The van der Waals surface area contributed by atoms with Gasteiger partial charge in [0.05, 0.1) is 30.1 Å². The molecule has 0 bridgehead atoms. The number of phenolic OH excluding ortho intramolecular Hbond substituents is 1. The molecule has 1 aliphatic rings. The van der Waals surface area contributed by atoms with Crippen LogP contribution in [0.5, 0.6) is 17.2 Å². The highest BCUT2D eigenvalue weighted by Crippen LogP contribution is 2.45. The topological polar surface area (TPSA) is 121 Å². The first kappa shape index (κ1) is 20.3. The third kappa shape index (κ3) is 3.46. The van der Waals surface area contributed by atoms with Gasteiger partial charge in [0.25, 0.3) is 0 Å². The summed E-state index contributed by atoms with van der Waals surface area (Å²) >= 11 is 0. The molecule has 0 unspecified atom stereocenters. The molecule has 2 heterocycles. The molecule has 1 aromatic heterocycles. The van der Waals surface area contributed by atoms with Crippen LogP contribution in [-0.4, -0.2) is 24.3 Å². The number of nitrogens with two attached hydrogens (primary N) is 1. The van der Waals surface area contributed by atoms with E-state index in [0.717, 1.165) is 0 Å². The number of fused-ring (bicyclic) bond motifs is 3. The molecule has 1 atom stereocenters. The maximum atomic E-state index is 13.0. The van der Waals surface area contributed by atoms with Gasteiger partial charge in [-0.05, 0) is 43.7 Å². The molecule has 31 heavy (non-hydrogen) atoms. The minimum absolute atomic E-state index is 0.0231. The molecule has 4 rings (SSSR count). The van der Waals surface area contributed by atoms with Crippen molar-refractivity contribution in [2.45, 2.75) is 19.8 Å². The van der Waals surface area contributed by atoms with Crippen LogP contribution < -0.4 is 20.8 Å². The monoisotopic (exact) mass is 423 g/mol. The highest BCUT2D eigenvalue weighted by molar-refractivity contribution is 5.94. The van der Waals surface area contributed by atoms with Gasteiger partial charge in [-0.1, -0.05) is 18.2 Å². The van der Waals surface area contributed by atoms with E-state index >= 15 is 0 Å². The second-order valence-electron chi connectivity index (χ2n) is 6.82. The lowest BCUT2D eigenvalue weighted by Crippen LogP contribution is -2.31. The highest BCUT2D eigenvalue weighted by atomic mass is 16.5. The zero-order chi connectivity index (χ0) is 22.1. The fourth-order valence-corrected chi connectivity index (χ4v) is 3.69. The number of aromatic hydroxyl groups is 1. The van der Waals surface area contributed by atoms with E-state index in [-0.39, 0.29) is 40.9 Å². The largest absolute Gasteiger partial charge is 0.504 e. The predicted octanol–water partition coefficient (Wildman–Crippen LogP) is 3.16. The van der Waals surface area contributed by atoms with Crippen LogP contribution in [0.1, 0.15) is 30.9 Å². The van der Waals surface area contributed by atoms with Crippen LogP contribution in [0.2, 0.25) is 0 Å². The van der Waals surface area contributed by atoms with Gasteiger partial charge >= 0.3 is 11.6 Å². The van der Waals surface area contributed by atoms with Crippen LogP contribution >= 0.6 is 0 Å². The summed E-state index contributed by atoms with van der Waals surface area (Å²) in [5, 5.41) is 10.6. The third-order valence-electron chi connectivity index (χ3n) is 4.97. The molecular formula is C23H21NO7. The fourth-order valence-electron chi connectivity index (χ4n) is 3.69. The number of carbonyl (C=O) groups excluding carboxylic acids is 1. The number of phenols is 1. The Morgan fingerprint density at radius 1 is 1.16 bits per heavy atom. The lowest BCUT2D eigenvalue weighted by atomic mass is 9.83. The fraction of sp³-hybridized carbons (Fsp3) is 0.217. The van der Waals surface area contributed by atoms with E-state index < -0.39 is 17.5 Å². The number of hydrogen-bond donors (Lipinski definition) is 2. The Balaban J connectivity index is 2.02. The van der Waals surface area contributed by atoms with Gasteiger partial charge in [-0.15, -0.1) is 0 Å². The van der Waals surface area contributed by atoms with E-state index in [9.17, 15) is 14.7 Å². The number of para-hydroxylation sites is 1. The van der Waals surface area contributed by atoms with Crippen molar-refractivity contribution >= 4 is 16.9 Å². The Morgan fingerprint density at radius 3 is 2.68 bits per heavy atom. The van der Waals surface area contributed by atoms with Crippen molar-refractivity contribution in [1.29, 1.82) is 0 Å². The lowest BCUT2D eigenvalue weighted by Gasteiger charge is -2.28. The standard InChI is InChI=1S/C23H21NO7/c1-3-28-16-11-12(9-10-14(16)25)17-18-20(31-21(24)19(17)22(26)29-4-2)13-7-5-6-8-15(13)30-23(18)27/h5-11,17,25H,3-4,24H2,1-2H3/t17-/m1/s1. The van der Waals surface area contributed by atoms with Gasteiger partial charge in [-0.25, -0.2) is 9.59 Å². The molecule has 8 heteroatoms. The summed E-state index contributed by atoms with van der Waals surface area (Å²) in [6.07, 6.45) is 0. The number of rotatable bonds is 5. The Kier molecular flexibility index (Phi) is 5.29. The van der Waals surface area contributed by atoms with Crippen LogP contribution in [0.3, 0.4) is 0 Å². The first-order chi connectivity index (χ1) is 15.0. The first-order valence-corrected chi connectivity index (χ1v) is 9.82. The number of benzene rings is 2. The molecule has 0 amide bonds. The number of carbonyl (C=O) groups is 1. The van der Waals surface area contributed by atoms with Crippen LogP contribution in [0.15, 0.2) is 63.1 Å². The smallest absolute Gasteiger partial charge is 0.344 e. The molecule has 3 N–H and O–H groups in total. The molecule has 0 spiro atoms. The van der Waals surface area contributed by atoms with E-state index in [1.54, 1.807) is 50.2 Å². The van der Waals surface area contributed by atoms with Crippen LogP contribution in [0.25, 0.3) is 11.0 Å². The lowest BCUT2D eigenvalue weighted by molar-refractivity contribution is -0.139. The minimum Gasteiger partial charge on any atom is -0.504 e. The molecule has 0 fully saturated rings. The van der Waals surface area contributed by atoms with Crippen LogP contribution in [-0.2, 0) is 9.53 Å². The Morgan fingerprint density at radius 2 is 1.94 bits per heavy atom. The first-order valence-electron chi connectivity index (χ1n) is 9.82. The molecule has 0 saturated heterocycles. The van der Waals surface area contributed by atoms with Gasteiger partial charge in [0, 0.05) is 0 Å². The summed E-state index contributed by atoms with van der Waals surface area (Å²) in [6.45, 7) is 3.87. The van der Waals surface area contributed by atoms with Crippen molar-refractivity contribution < 1.29 is 28.5 Å². The Labute approximate surface area is 177 Å². The Hall–Kier alpha value is -3.94. The zero-order valence-electron chi connectivity index (χ0n) is 17.0. The summed E-state index contributed by atoms with van der Waals surface area (Å²) in [5.41, 5.74) is 6.41. The second-order valence-corrected chi connectivity index (χ2v) is 6.82. The maximum absolute atomic E-state index is 13.0. The molecule has 0 aliphatic carbocycles. The van der Waals surface area contributed by atoms with Crippen molar-refractivity contribution in [1.82, 2.24) is 0 Å². The van der Waals surface area contributed by atoms with Crippen molar-refractivity contribution in [2.24, 2.45) is 5.73 Å². The van der Waals surface area contributed by atoms with E-state index in [1.807, 2.05) is 0 Å². The second kappa shape index (κ2) is 8.06. The number of hydrogen-bond acceptors (Lipinski definition) is 8. The average molecular weight is 423 g/mol. The van der Waals surface area contributed by atoms with E-state index in [1.165, 1.54) is 6.07 Å². The number of ether oxygens (including phenoxy) is 3. The van der Waals surface area contributed by atoms with Crippen LogP contribution in [0.4, 0.5) is 0 Å². The van der Waals surface area contributed by atoms with Gasteiger partial charge in [0.1, 0.15) is 11.2 Å². The zero-order valence-corrected chi connectivity index (χ0v) is 17.0. The summed E-state index contributed by atoms with van der Waals surface area (Å²) in [6, 6.07) is 11.4. The molecule has 1 aliphatic heterocycles. The molecule has 3 aromatic rings.